The van der Waals surface area contributed by atoms with Gasteiger partial charge in [0, 0.05) is 0 Å². The molecule has 0 saturated carbocycles. The zero-order chi connectivity index (χ0) is 18.7. The lowest BCUT2D eigenvalue weighted by molar-refractivity contribution is 0.117. The van der Waals surface area contributed by atoms with Gasteiger partial charge >= 0.3 is 0 Å². The van der Waals surface area contributed by atoms with E-state index in [9.17, 15) is 5.11 Å². The van der Waals surface area contributed by atoms with Crippen LogP contribution in [-0.4, -0.2) is 21.6 Å². The number of nitrogens with one attached hydrogen (secondary N) is 1. The molecule has 4 nitrogen and oxygen atoms in total. The van der Waals surface area contributed by atoms with Crippen molar-refractivity contribution in [3.63, 3.8) is 0 Å². The molecule has 0 bridgehead atoms. The standard InChI is InChI=1S/C23H23N3O/c24-15-7-8-17-13-14-20-21(16-17)26-22(25-20)23(27,18-9-3-1-4-10-18)19-11-5-2-6-12-19/h1-6,9-14,16,27H,7-8,15,24H2,(H,25,26). The highest BCUT2D eigenvalue weighted by atomic mass is 16.3. The van der Waals surface area contributed by atoms with Crippen molar-refractivity contribution < 1.29 is 5.11 Å². The third-order valence-corrected chi connectivity index (χ3v) is 4.94. The number of hydrogen-bond acceptors (Lipinski definition) is 3. The van der Waals surface area contributed by atoms with E-state index >= 15 is 0 Å². The number of aliphatic hydroxyl groups is 1. The number of aromatic nitrogens is 2. The van der Waals surface area contributed by atoms with Crippen LogP contribution in [0.3, 0.4) is 0 Å². The van der Waals surface area contributed by atoms with Crippen molar-refractivity contribution in [1.82, 2.24) is 9.97 Å². The summed E-state index contributed by atoms with van der Waals surface area (Å²) in [7, 11) is 0. The van der Waals surface area contributed by atoms with E-state index in [4.69, 9.17) is 10.7 Å². The van der Waals surface area contributed by atoms with Crippen molar-refractivity contribution >= 4 is 11.0 Å². The summed E-state index contributed by atoms with van der Waals surface area (Å²) in [5.41, 5.74) is 8.81. The SMILES string of the molecule is NCCCc1ccc2nc(C(O)(c3ccccc3)c3ccccc3)[nH]c2c1. The molecule has 0 amide bonds. The summed E-state index contributed by atoms with van der Waals surface area (Å²) in [6, 6.07) is 25.5. The molecule has 4 N–H and O–H groups in total. The molecular weight excluding hydrogens is 334 g/mol. The van der Waals surface area contributed by atoms with Crippen LogP contribution in [0.2, 0.25) is 0 Å². The number of aromatic amines is 1. The van der Waals surface area contributed by atoms with Crippen LogP contribution in [0, 0.1) is 0 Å². The highest BCUT2D eigenvalue weighted by Gasteiger charge is 2.36. The first-order valence-electron chi connectivity index (χ1n) is 9.24. The molecule has 4 rings (SSSR count). The Morgan fingerprint density at radius 3 is 2.11 bits per heavy atom. The molecule has 0 aliphatic rings. The number of imidazole rings is 1. The van der Waals surface area contributed by atoms with Crippen molar-refractivity contribution in [2.24, 2.45) is 5.73 Å². The Kier molecular flexibility index (Phi) is 4.75. The van der Waals surface area contributed by atoms with E-state index < -0.39 is 5.60 Å². The first-order chi connectivity index (χ1) is 13.2. The Hall–Kier alpha value is -2.95. The number of aryl methyl sites for hydroxylation is 1. The highest BCUT2D eigenvalue weighted by molar-refractivity contribution is 5.76. The monoisotopic (exact) mass is 357 g/mol. The summed E-state index contributed by atoms with van der Waals surface area (Å²) < 4.78 is 0. The van der Waals surface area contributed by atoms with Crippen LogP contribution >= 0.6 is 0 Å². The van der Waals surface area contributed by atoms with Crippen LogP contribution in [-0.2, 0) is 12.0 Å². The van der Waals surface area contributed by atoms with Gasteiger partial charge in [0.1, 0.15) is 5.82 Å². The van der Waals surface area contributed by atoms with E-state index in [1.54, 1.807) is 0 Å². The molecule has 0 fully saturated rings. The first-order valence-corrected chi connectivity index (χ1v) is 9.24. The van der Waals surface area contributed by atoms with E-state index in [0.717, 1.165) is 35.0 Å². The van der Waals surface area contributed by atoms with E-state index in [2.05, 4.69) is 17.1 Å². The van der Waals surface area contributed by atoms with Crippen molar-refractivity contribution in [1.29, 1.82) is 0 Å². The van der Waals surface area contributed by atoms with Crippen molar-refractivity contribution in [2.45, 2.75) is 18.4 Å². The number of benzene rings is 3. The predicted octanol–water partition coefficient (Wildman–Crippen LogP) is 3.74. The van der Waals surface area contributed by atoms with E-state index in [1.165, 1.54) is 5.56 Å². The minimum absolute atomic E-state index is 0.519. The summed E-state index contributed by atoms with van der Waals surface area (Å²) in [6.45, 7) is 0.675. The molecule has 3 aromatic carbocycles. The Morgan fingerprint density at radius 2 is 1.52 bits per heavy atom. The lowest BCUT2D eigenvalue weighted by atomic mass is 9.85. The summed E-state index contributed by atoms with van der Waals surface area (Å²) in [5.74, 6) is 0.519. The van der Waals surface area contributed by atoms with Crippen LogP contribution in [0.1, 0.15) is 28.9 Å². The fourth-order valence-corrected chi connectivity index (χ4v) is 3.49. The topological polar surface area (TPSA) is 74.9 Å². The van der Waals surface area contributed by atoms with Crippen LogP contribution in [0.15, 0.2) is 78.9 Å². The number of rotatable bonds is 6. The molecule has 4 aromatic rings. The second kappa shape index (κ2) is 7.35. The summed E-state index contributed by atoms with van der Waals surface area (Å²) in [4.78, 5) is 8.09. The molecule has 0 aliphatic heterocycles. The largest absolute Gasteiger partial charge is 0.373 e. The number of fused-ring (bicyclic) bond motifs is 1. The smallest absolute Gasteiger partial charge is 0.173 e. The third kappa shape index (κ3) is 3.25. The Labute approximate surface area is 158 Å². The summed E-state index contributed by atoms with van der Waals surface area (Å²) >= 11 is 0. The molecule has 0 spiro atoms. The van der Waals surface area contributed by atoms with Gasteiger partial charge in [-0.05, 0) is 48.2 Å². The van der Waals surface area contributed by atoms with Gasteiger partial charge in [-0.25, -0.2) is 4.98 Å². The summed E-state index contributed by atoms with van der Waals surface area (Å²) in [5, 5.41) is 11.8. The predicted molar refractivity (Wildman–Crippen MR) is 108 cm³/mol. The van der Waals surface area contributed by atoms with Crippen molar-refractivity contribution in [3.05, 3.63) is 101 Å². The maximum absolute atomic E-state index is 11.8. The second-order valence-corrected chi connectivity index (χ2v) is 6.77. The van der Waals surface area contributed by atoms with Gasteiger partial charge in [-0.1, -0.05) is 66.7 Å². The summed E-state index contributed by atoms with van der Waals surface area (Å²) in [6.07, 6.45) is 1.88. The minimum atomic E-state index is -1.35. The van der Waals surface area contributed by atoms with Gasteiger partial charge in [0.2, 0.25) is 0 Å². The Bertz CT molecular complexity index is 986. The zero-order valence-electron chi connectivity index (χ0n) is 15.1. The van der Waals surface area contributed by atoms with Gasteiger partial charge in [-0.2, -0.15) is 0 Å². The second-order valence-electron chi connectivity index (χ2n) is 6.77. The first kappa shape index (κ1) is 17.5. The molecule has 0 atom stereocenters. The van der Waals surface area contributed by atoms with E-state index in [0.29, 0.717) is 12.4 Å². The quantitative estimate of drug-likeness (QED) is 0.492. The molecule has 4 heteroatoms. The average Bonchev–Trinajstić information content (AvgIpc) is 3.17. The molecule has 0 aliphatic carbocycles. The maximum atomic E-state index is 11.8. The molecule has 1 aromatic heterocycles. The number of H-pyrrole nitrogens is 1. The van der Waals surface area contributed by atoms with Gasteiger partial charge in [0.15, 0.2) is 5.60 Å². The van der Waals surface area contributed by atoms with Gasteiger partial charge < -0.3 is 15.8 Å². The fraction of sp³-hybridized carbons (Fsp3) is 0.174. The van der Waals surface area contributed by atoms with Gasteiger partial charge in [-0.15, -0.1) is 0 Å². The minimum Gasteiger partial charge on any atom is -0.373 e. The van der Waals surface area contributed by atoms with E-state index in [1.807, 2.05) is 66.7 Å². The third-order valence-electron chi connectivity index (χ3n) is 4.94. The van der Waals surface area contributed by atoms with Gasteiger partial charge in [0.05, 0.1) is 11.0 Å². The number of hydrogen-bond donors (Lipinski definition) is 3. The molecule has 0 saturated heterocycles. The lowest BCUT2D eigenvalue weighted by Crippen LogP contribution is -2.30. The molecule has 0 unspecified atom stereocenters. The Morgan fingerprint density at radius 1 is 0.889 bits per heavy atom. The molecule has 27 heavy (non-hydrogen) atoms. The normalized spacial score (nSPS) is 11.8. The Balaban J connectivity index is 1.85. The molecule has 0 radical (unpaired) electrons. The zero-order valence-corrected chi connectivity index (χ0v) is 15.1. The molecular formula is C23H23N3O. The van der Waals surface area contributed by atoms with Gasteiger partial charge in [-0.3, -0.25) is 0 Å². The van der Waals surface area contributed by atoms with Crippen LogP contribution < -0.4 is 5.73 Å². The fourth-order valence-electron chi connectivity index (χ4n) is 3.49. The lowest BCUT2D eigenvalue weighted by Gasteiger charge is -2.27. The van der Waals surface area contributed by atoms with Crippen LogP contribution in [0.5, 0.6) is 0 Å². The van der Waals surface area contributed by atoms with Crippen LogP contribution in [0.25, 0.3) is 11.0 Å². The van der Waals surface area contributed by atoms with Crippen molar-refractivity contribution in [3.8, 4) is 0 Å². The van der Waals surface area contributed by atoms with Gasteiger partial charge in [0.25, 0.3) is 0 Å². The van der Waals surface area contributed by atoms with Crippen LogP contribution in [0.4, 0.5) is 0 Å². The number of nitrogens with two attached hydrogens (primary N) is 1. The maximum Gasteiger partial charge on any atom is 0.173 e. The number of nitrogens with zero attached hydrogens (tertiary/aromatic N) is 1. The highest BCUT2D eigenvalue weighted by Crippen LogP contribution is 2.35. The van der Waals surface area contributed by atoms with Crippen molar-refractivity contribution in [2.75, 3.05) is 6.54 Å². The van der Waals surface area contributed by atoms with E-state index in [-0.39, 0.29) is 0 Å². The molecule has 136 valence electrons. The molecule has 1 heterocycles. The average molecular weight is 357 g/mol.